The van der Waals surface area contributed by atoms with E-state index in [0.29, 0.717) is 4.90 Å². The van der Waals surface area contributed by atoms with Gasteiger partial charge in [-0.3, -0.25) is 4.79 Å². The highest BCUT2D eigenvalue weighted by Gasteiger charge is 2.13. The molecule has 0 radical (unpaired) electrons. The van der Waals surface area contributed by atoms with E-state index in [1.807, 2.05) is 0 Å². The van der Waals surface area contributed by atoms with E-state index in [1.54, 1.807) is 12.1 Å². The number of phenols is 2. The van der Waals surface area contributed by atoms with Crippen molar-refractivity contribution in [2.24, 2.45) is 5.73 Å². The Bertz CT molecular complexity index is 375. The maximum Gasteiger partial charge on any atom is 0.321 e. The van der Waals surface area contributed by atoms with Gasteiger partial charge in [0.2, 0.25) is 0 Å². The molecule has 0 saturated carbocycles. The van der Waals surface area contributed by atoms with Gasteiger partial charge in [0.05, 0.1) is 4.90 Å². The molecule has 0 aromatic heterocycles. The minimum atomic E-state index is -1.10. The number of thioether (sulfide) groups is 1. The number of phenolic OH excluding ortho intramolecular Hbond substituents is 2. The lowest BCUT2D eigenvalue weighted by Gasteiger charge is -2.07. The van der Waals surface area contributed by atoms with Gasteiger partial charge in [-0.15, -0.1) is 24.2 Å². The molecule has 0 aliphatic carbocycles. The number of carboxylic acid groups (broad SMARTS) is 1. The van der Waals surface area contributed by atoms with E-state index in [1.165, 1.54) is 6.07 Å². The molecule has 0 amide bonds. The fraction of sp³-hybridized carbons (Fsp3) is 0.222. The second kappa shape index (κ2) is 6.47. The number of hydrogen-bond donors (Lipinski definition) is 4. The number of para-hydroxylation sites is 1. The molecule has 0 aliphatic rings. The summed E-state index contributed by atoms with van der Waals surface area (Å²) in [6, 6.07) is 3.49. The molecule has 0 bridgehead atoms. The van der Waals surface area contributed by atoms with Gasteiger partial charge < -0.3 is 21.1 Å². The predicted molar refractivity (Wildman–Crippen MR) is 63.4 cm³/mol. The van der Waals surface area contributed by atoms with Gasteiger partial charge in [-0.25, -0.2) is 0 Å². The first kappa shape index (κ1) is 14.9. The Hall–Kier alpha value is -1.11. The smallest absolute Gasteiger partial charge is 0.321 e. The number of carboxylic acids is 1. The van der Waals surface area contributed by atoms with E-state index in [0.717, 1.165) is 11.8 Å². The van der Waals surface area contributed by atoms with Crippen LogP contribution < -0.4 is 5.73 Å². The monoisotopic (exact) mass is 265 g/mol. The van der Waals surface area contributed by atoms with Crippen molar-refractivity contribution in [1.29, 1.82) is 0 Å². The summed E-state index contributed by atoms with van der Waals surface area (Å²) in [5.74, 6) is -1.45. The van der Waals surface area contributed by atoms with Gasteiger partial charge >= 0.3 is 5.97 Å². The maximum absolute atomic E-state index is 10.4. The van der Waals surface area contributed by atoms with Crippen LogP contribution in [0, 0.1) is 0 Å². The van der Waals surface area contributed by atoms with Crippen molar-refractivity contribution in [2.45, 2.75) is 10.9 Å². The first-order valence-corrected chi connectivity index (χ1v) is 5.13. The number of hydrogen-bond acceptors (Lipinski definition) is 5. The third-order valence-corrected chi connectivity index (χ3v) is 2.88. The van der Waals surface area contributed by atoms with E-state index in [4.69, 9.17) is 15.9 Å². The second-order valence-corrected chi connectivity index (χ2v) is 3.94. The Morgan fingerprint density at radius 1 is 1.44 bits per heavy atom. The zero-order chi connectivity index (χ0) is 11.4. The van der Waals surface area contributed by atoms with Crippen molar-refractivity contribution in [1.82, 2.24) is 0 Å². The lowest BCUT2D eigenvalue weighted by molar-refractivity contribution is -0.137. The topological polar surface area (TPSA) is 104 Å². The Balaban J connectivity index is 0.00000225. The third-order valence-electron chi connectivity index (χ3n) is 1.71. The van der Waals surface area contributed by atoms with Crippen molar-refractivity contribution in [3.05, 3.63) is 18.2 Å². The summed E-state index contributed by atoms with van der Waals surface area (Å²) in [6.07, 6.45) is 0. The molecule has 16 heavy (non-hydrogen) atoms. The summed E-state index contributed by atoms with van der Waals surface area (Å²) >= 11 is 1.08. The maximum atomic E-state index is 10.4. The molecule has 1 unspecified atom stereocenters. The van der Waals surface area contributed by atoms with Crippen molar-refractivity contribution in [3.8, 4) is 11.5 Å². The highest BCUT2D eigenvalue weighted by atomic mass is 35.5. The van der Waals surface area contributed by atoms with Gasteiger partial charge in [-0.05, 0) is 12.1 Å². The molecule has 0 heterocycles. The first-order chi connectivity index (χ1) is 7.02. The summed E-state index contributed by atoms with van der Waals surface area (Å²) in [7, 11) is 0. The first-order valence-electron chi connectivity index (χ1n) is 4.14. The van der Waals surface area contributed by atoms with Crippen molar-refractivity contribution < 1.29 is 20.1 Å². The number of rotatable bonds is 4. The highest BCUT2D eigenvalue weighted by molar-refractivity contribution is 7.99. The van der Waals surface area contributed by atoms with Gasteiger partial charge in [-0.2, -0.15) is 0 Å². The number of aromatic hydroxyl groups is 2. The van der Waals surface area contributed by atoms with E-state index in [-0.39, 0.29) is 29.7 Å². The van der Waals surface area contributed by atoms with E-state index < -0.39 is 12.0 Å². The molecule has 1 aromatic rings. The van der Waals surface area contributed by atoms with Crippen LogP contribution in [0.25, 0.3) is 0 Å². The van der Waals surface area contributed by atoms with Crippen LogP contribution in [0.3, 0.4) is 0 Å². The number of halogens is 1. The van der Waals surface area contributed by atoms with Crippen LogP contribution in [0.4, 0.5) is 0 Å². The van der Waals surface area contributed by atoms with Crippen LogP contribution in [-0.4, -0.2) is 33.1 Å². The molecule has 1 atom stereocenters. The fourth-order valence-corrected chi connectivity index (χ4v) is 1.80. The molecule has 0 fully saturated rings. The number of aliphatic carboxylic acids is 1. The summed E-state index contributed by atoms with van der Waals surface area (Å²) in [4.78, 5) is 10.8. The van der Waals surface area contributed by atoms with Crippen LogP contribution in [0.2, 0.25) is 0 Å². The summed E-state index contributed by atoms with van der Waals surface area (Å²) in [5, 5.41) is 27.1. The molecular weight excluding hydrogens is 254 g/mol. The van der Waals surface area contributed by atoms with Gasteiger partial charge in [0.1, 0.15) is 6.04 Å². The molecule has 0 spiro atoms. The van der Waals surface area contributed by atoms with Gasteiger partial charge in [0, 0.05) is 5.75 Å². The largest absolute Gasteiger partial charge is 0.504 e. The minimum Gasteiger partial charge on any atom is -0.504 e. The molecule has 90 valence electrons. The van der Waals surface area contributed by atoms with Crippen molar-refractivity contribution >= 4 is 30.1 Å². The molecule has 1 aromatic carbocycles. The van der Waals surface area contributed by atoms with Crippen LogP contribution >= 0.6 is 24.2 Å². The molecule has 7 heteroatoms. The van der Waals surface area contributed by atoms with Gasteiger partial charge in [-0.1, -0.05) is 6.07 Å². The molecule has 5 nitrogen and oxygen atoms in total. The molecule has 1 rings (SSSR count). The molecular formula is C9H12ClNO4S. The van der Waals surface area contributed by atoms with Crippen molar-refractivity contribution in [2.75, 3.05) is 5.75 Å². The second-order valence-electron chi connectivity index (χ2n) is 2.88. The van der Waals surface area contributed by atoms with Gasteiger partial charge in [0.15, 0.2) is 11.5 Å². The van der Waals surface area contributed by atoms with Crippen LogP contribution in [0.5, 0.6) is 11.5 Å². The Labute approximate surface area is 103 Å². The fourth-order valence-electron chi connectivity index (χ4n) is 0.878. The molecule has 0 aliphatic heterocycles. The lowest BCUT2D eigenvalue weighted by Crippen LogP contribution is -2.32. The highest BCUT2D eigenvalue weighted by Crippen LogP contribution is 2.35. The Morgan fingerprint density at radius 3 is 2.62 bits per heavy atom. The average Bonchev–Trinajstić information content (AvgIpc) is 2.19. The van der Waals surface area contributed by atoms with Crippen LogP contribution in [0.1, 0.15) is 0 Å². The Kier molecular flexibility index (Phi) is 6.02. The normalized spacial score (nSPS) is 11.6. The van der Waals surface area contributed by atoms with Crippen molar-refractivity contribution in [3.63, 3.8) is 0 Å². The standard InChI is InChI=1S/C9H11NO4S.ClH/c10-5(9(13)14)4-15-7-3-1-2-6(11)8(7)12;/h1-3,5,11-12H,4,10H2,(H,13,14);1H. The van der Waals surface area contributed by atoms with Gasteiger partial charge in [0.25, 0.3) is 0 Å². The summed E-state index contributed by atoms with van der Waals surface area (Å²) < 4.78 is 0. The summed E-state index contributed by atoms with van der Waals surface area (Å²) in [5.41, 5.74) is 5.29. The number of nitrogens with two attached hydrogens (primary N) is 1. The minimum absolute atomic E-state index is 0. The summed E-state index contributed by atoms with van der Waals surface area (Å²) in [6.45, 7) is 0. The Morgan fingerprint density at radius 2 is 2.06 bits per heavy atom. The van der Waals surface area contributed by atoms with E-state index in [9.17, 15) is 9.90 Å². The number of benzene rings is 1. The van der Waals surface area contributed by atoms with E-state index >= 15 is 0 Å². The molecule has 0 saturated heterocycles. The number of carbonyl (C=O) groups is 1. The zero-order valence-corrected chi connectivity index (χ0v) is 9.79. The van der Waals surface area contributed by atoms with E-state index in [2.05, 4.69) is 0 Å². The quantitative estimate of drug-likeness (QED) is 0.479. The lowest BCUT2D eigenvalue weighted by atomic mass is 10.3. The van der Waals surface area contributed by atoms with Crippen LogP contribution in [0.15, 0.2) is 23.1 Å². The SMILES string of the molecule is Cl.NC(CSc1cccc(O)c1O)C(=O)O. The molecule has 5 N–H and O–H groups in total. The average molecular weight is 266 g/mol. The predicted octanol–water partition coefficient (Wildman–Crippen LogP) is 1.02. The third kappa shape index (κ3) is 3.80. The zero-order valence-electron chi connectivity index (χ0n) is 8.16. The van der Waals surface area contributed by atoms with Crippen LogP contribution in [-0.2, 0) is 4.79 Å².